The van der Waals surface area contributed by atoms with Gasteiger partial charge in [0.25, 0.3) is 0 Å². The fraction of sp³-hybridized carbons (Fsp3) is 0.429. The Balaban J connectivity index is 2.07. The monoisotopic (exact) mass is 296 g/mol. The summed E-state index contributed by atoms with van der Waals surface area (Å²) in [5.74, 6) is -2.29. The lowest BCUT2D eigenvalue weighted by molar-refractivity contribution is 0.0521. The minimum atomic E-state index is -1.42. The highest BCUT2D eigenvalue weighted by Crippen LogP contribution is 2.20. The van der Waals surface area contributed by atoms with Gasteiger partial charge >= 0.3 is 12.0 Å². The summed E-state index contributed by atoms with van der Waals surface area (Å²) >= 11 is 0. The van der Waals surface area contributed by atoms with Crippen molar-refractivity contribution in [1.29, 1.82) is 0 Å². The van der Waals surface area contributed by atoms with Crippen LogP contribution in [0.4, 0.5) is 14.9 Å². The third-order valence-electron chi connectivity index (χ3n) is 3.53. The predicted octanol–water partition coefficient (Wildman–Crippen LogP) is 2.17. The average molecular weight is 296 g/mol. The molecule has 0 bridgehead atoms. The zero-order chi connectivity index (χ0) is 15.4. The molecule has 1 aromatic rings. The minimum absolute atomic E-state index is 0.0404. The minimum Gasteiger partial charge on any atom is -0.478 e. The van der Waals surface area contributed by atoms with E-state index in [2.05, 4.69) is 5.32 Å². The molecule has 0 unspecified atom stereocenters. The van der Waals surface area contributed by atoms with Crippen LogP contribution in [0, 0.1) is 5.82 Å². The van der Waals surface area contributed by atoms with Crippen molar-refractivity contribution in [2.24, 2.45) is 0 Å². The van der Waals surface area contributed by atoms with Crippen molar-refractivity contribution in [3.05, 3.63) is 29.6 Å². The first-order valence-corrected chi connectivity index (χ1v) is 6.63. The Morgan fingerprint density at radius 1 is 1.38 bits per heavy atom. The Labute approximate surface area is 121 Å². The first-order chi connectivity index (χ1) is 10.0. The van der Waals surface area contributed by atoms with Crippen LogP contribution in [0.2, 0.25) is 0 Å². The molecule has 0 saturated carbocycles. The maximum absolute atomic E-state index is 13.5. The van der Waals surface area contributed by atoms with Crippen LogP contribution in [-0.4, -0.2) is 48.3 Å². The number of rotatable bonds is 3. The van der Waals surface area contributed by atoms with Gasteiger partial charge < -0.3 is 20.1 Å². The Bertz CT molecular complexity index is 542. The van der Waals surface area contributed by atoms with Crippen LogP contribution in [-0.2, 0) is 4.74 Å². The van der Waals surface area contributed by atoms with E-state index in [9.17, 15) is 14.0 Å². The van der Waals surface area contributed by atoms with Crippen molar-refractivity contribution in [3.8, 4) is 0 Å². The van der Waals surface area contributed by atoms with E-state index in [4.69, 9.17) is 9.84 Å². The number of carboxylic acid groups (broad SMARTS) is 1. The number of nitrogens with zero attached hydrogens (tertiary/aromatic N) is 1. The van der Waals surface area contributed by atoms with Crippen molar-refractivity contribution >= 4 is 17.7 Å². The fourth-order valence-corrected chi connectivity index (χ4v) is 2.33. The van der Waals surface area contributed by atoms with Gasteiger partial charge in [-0.3, -0.25) is 0 Å². The average Bonchev–Trinajstić information content (AvgIpc) is 2.47. The number of methoxy groups -OCH3 is 1. The van der Waals surface area contributed by atoms with Crippen LogP contribution >= 0.6 is 0 Å². The van der Waals surface area contributed by atoms with E-state index in [1.54, 1.807) is 12.0 Å². The van der Waals surface area contributed by atoms with Gasteiger partial charge in [-0.25, -0.2) is 14.0 Å². The molecular formula is C14H17FN2O4. The second kappa shape index (κ2) is 6.53. The summed E-state index contributed by atoms with van der Waals surface area (Å²) in [7, 11) is 1.63. The summed E-state index contributed by atoms with van der Waals surface area (Å²) in [6, 6.07) is 3.34. The number of ether oxygens (including phenoxy) is 1. The van der Waals surface area contributed by atoms with Crippen molar-refractivity contribution in [1.82, 2.24) is 4.90 Å². The van der Waals surface area contributed by atoms with Gasteiger partial charge in [0, 0.05) is 20.2 Å². The van der Waals surface area contributed by atoms with Crippen molar-refractivity contribution < 1.29 is 23.8 Å². The fourth-order valence-electron chi connectivity index (χ4n) is 2.33. The molecule has 0 radical (unpaired) electrons. The van der Waals surface area contributed by atoms with Crippen molar-refractivity contribution in [3.63, 3.8) is 0 Å². The van der Waals surface area contributed by atoms with E-state index in [1.807, 2.05) is 0 Å². The molecule has 2 N–H and O–H groups in total. The molecule has 2 amide bonds. The SMILES string of the molecule is COC1CCN(C(=O)Nc2cccc(F)c2C(=O)O)CC1. The first-order valence-electron chi connectivity index (χ1n) is 6.63. The molecule has 1 aliphatic rings. The number of hydrogen-bond donors (Lipinski definition) is 2. The Morgan fingerprint density at radius 3 is 2.62 bits per heavy atom. The number of anilines is 1. The van der Waals surface area contributed by atoms with Crippen molar-refractivity contribution in [2.75, 3.05) is 25.5 Å². The lowest BCUT2D eigenvalue weighted by atomic mass is 10.1. The van der Waals surface area contributed by atoms with Gasteiger partial charge in [-0.1, -0.05) is 6.07 Å². The van der Waals surface area contributed by atoms with Crippen molar-refractivity contribution in [2.45, 2.75) is 18.9 Å². The molecule has 1 aromatic carbocycles. The number of aromatic carboxylic acids is 1. The molecule has 6 nitrogen and oxygen atoms in total. The van der Waals surface area contributed by atoms with Crippen LogP contribution in [0.1, 0.15) is 23.2 Å². The highest BCUT2D eigenvalue weighted by Gasteiger charge is 2.24. The molecule has 21 heavy (non-hydrogen) atoms. The van der Waals surface area contributed by atoms with E-state index in [-0.39, 0.29) is 11.8 Å². The zero-order valence-electron chi connectivity index (χ0n) is 11.6. The second-order valence-corrected chi connectivity index (χ2v) is 4.82. The van der Waals surface area contributed by atoms with Gasteiger partial charge in [0.05, 0.1) is 11.8 Å². The summed E-state index contributed by atoms with van der Waals surface area (Å²) in [6.45, 7) is 1.03. The molecule has 114 valence electrons. The number of carbonyl (C=O) groups is 2. The van der Waals surface area contributed by atoms with E-state index in [1.165, 1.54) is 12.1 Å². The number of urea groups is 1. The highest BCUT2D eigenvalue weighted by molar-refractivity contribution is 6.00. The van der Waals surface area contributed by atoms with Crippen LogP contribution in [0.15, 0.2) is 18.2 Å². The van der Waals surface area contributed by atoms with Crippen LogP contribution in [0.5, 0.6) is 0 Å². The number of carbonyl (C=O) groups excluding carboxylic acids is 1. The second-order valence-electron chi connectivity index (χ2n) is 4.82. The Hall–Kier alpha value is -2.15. The van der Waals surface area contributed by atoms with E-state index < -0.39 is 23.4 Å². The van der Waals surface area contributed by atoms with E-state index >= 15 is 0 Å². The summed E-state index contributed by atoms with van der Waals surface area (Å²) in [5.41, 5.74) is -0.570. The number of nitrogens with one attached hydrogen (secondary N) is 1. The van der Waals surface area contributed by atoms with Crippen LogP contribution < -0.4 is 5.32 Å². The van der Waals surface area contributed by atoms with Crippen LogP contribution in [0.25, 0.3) is 0 Å². The van der Waals surface area contributed by atoms with Gasteiger partial charge in [-0.15, -0.1) is 0 Å². The molecule has 1 fully saturated rings. The smallest absolute Gasteiger partial charge is 0.340 e. The number of benzene rings is 1. The molecule has 0 atom stereocenters. The van der Waals surface area contributed by atoms with Gasteiger partial charge in [0.15, 0.2) is 0 Å². The Kier molecular flexibility index (Phi) is 4.74. The van der Waals surface area contributed by atoms with Crippen LogP contribution in [0.3, 0.4) is 0 Å². The molecule has 1 saturated heterocycles. The molecular weight excluding hydrogens is 279 g/mol. The maximum Gasteiger partial charge on any atom is 0.340 e. The standard InChI is InChI=1S/C14H17FN2O4/c1-21-9-5-7-17(8-6-9)14(20)16-11-4-2-3-10(15)12(11)13(18)19/h2-4,9H,5-8H2,1H3,(H,16,20)(H,18,19). The number of halogens is 1. The molecule has 7 heteroatoms. The number of piperidine rings is 1. The van der Waals surface area contributed by atoms with E-state index in [0.717, 1.165) is 18.9 Å². The molecule has 2 rings (SSSR count). The lowest BCUT2D eigenvalue weighted by Crippen LogP contribution is -2.43. The maximum atomic E-state index is 13.5. The third-order valence-corrected chi connectivity index (χ3v) is 3.53. The van der Waals surface area contributed by atoms with Gasteiger partial charge in [-0.05, 0) is 25.0 Å². The topological polar surface area (TPSA) is 78.9 Å². The number of likely N-dealkylation sites (tertiary alicyclic amines) is 1. The first kappa shape index (κ1) is 15.2. The number of carboxylic acids is 1. The highest BCUT2D eigenvalue weighted by atomic mass is 19.1. The molecule has 0 aromatic heterocycles. The quantitative estimate of drug-likeness (QED) is 0.896. The predicted molar refractivity (Wildman–Crippen MR) is 74.0 cm³/mol. The molecule has 1 heterocycles. The zero-order valence-corrected chi connectivity index (χ0v) is 11.6. The number of hydrogen-bond acceptors (Lipinski definition) is 3. The number of amides is 2. The summed E-state index contributed by atoms with van der Waals surface area (Å²) < 4.78 is 18.7. The van der Waals surface area contributed by atoms with E-state index in [0.29, 0.717) is 13.1 Å². The molecule has 0 spiro atoms. The normalized spacial score (nSPS) is 15.8. The summed E-state index contributed by atoms with van der Waals surface area (Å²) in [4.78, 5) is 24.7. The van der Waals surface area contributed by atoms with Gasteiger partial charge in [0.1, 0.15) is 11.4 Å². The van der Waals surface area contributed by atoms with Gasteiger partial charge in [-0.2, -0.15) is 0 Å². The molecule has 1 aliphatic heterocycles. The van der Waals surface area contributed by atoms with Gasteiger partial charge in [0.2, 0.25) is 0 Å². The summed E-state index contributed by atoms with van der Waals surface area (Å²) in [6.07, 6.45) is 1.58. The lowest BCUT2D eigenvalue weighted by Gasteiger charge is -2.31. The molecule has 0 aliphatic carbocycles. The third kappa shape index (κ3) is 3.49. The summed E-state index contributed by atoms with van der Waals surface area (Å²) in [5, 5.41) is 11.5. The largest absolute Gasteiger partial charge is 0.478 e. The Morgan fingerprint density at radius 2 is 2.05 bits per heavy atom.